The van der Waals surface area contributed by atoms with E-state index < -0.39 is 29.2 Å². The van der Waals surface area contributed by atoms with E-state index >= 15 is 0 Å². The predicted molar refractivity (Wildman–Crippen MR) is 58.6 cm³/mol. The Kier molecular flexibility index (Phi) is 4.18. The van der Waals surface area contributed by atoms with E-state index in [1.165, 1.54) is 6.07 Å². The minimum Gasteiger partial charge on any atom is -0.478 e. The zero-order chi connectivity index (χ0) is 14.8. The number of hydrogen-bond donors (Lipinski definition) is 1. The molecule has 0 bridgehead atoms. The third-order valence-corrected chi connectivity index (χ3v) is 2.52. The first kappa shape index (κ1) is 15.0. The van der Waals surface area contributed by atoms with E-state index in [4.69, 9.17) is 5.11 Å². The number of rotatable bonds is 3. The standard InChI is InChI=1S/C12H11F3O4/c1-6-8(5-19-7(2)16)3-4-9(11(17)18)10(6)12(13,14)15/h3-4H,5H2,1-2H3,(H,17,18). The monoisotopic (exact) mass is 276 g/mol. The van der Waals surface area contributed by atoms with Crippen molar-refractivity contribution >= 4 is 11.9 Å². The molecular formula is C12H11F3O4. The summed E-state index contributed by atoms with van der Waals surface area (Å²) >= 11 is 0. The second-order valence-corrected chi connectivity index (χ2v) is 3.86. The van der Waals surface area contributed by atoms with Gasteiger partial charge in [0.2, 0.25) is 0 Å². The molecule has 1 rings (SSSR count). The first-order chi connectivity index (χ1) is 8.64. The SMILES string of the molecule is CC(=O)OCc1ccc(C(=O)O)c(C(F)(F)F)c1C. The van der Waals surface area contributed by atoms with Crippen molar-refractivity contribution < 1.29 is 32.6 Å². The molecule has 4 nitrogen and oxygen atoms in total. The van der Waals surface area contributed by atoms with Crippen molar-refractivity contribution in [2.75, 3.05) is 0 Å². The molecule has 0 aliphatic carbocycles. The fraction of sp³-hybridized carbons (Fsp3) is 0.333. The number of alkyl halides is 3. The van der Waals surface area contributed by atoms with Gasteiger partial charge in [0.1, 0.15) is 6.61 Å². The van der Waals surface area contributed by atoms with Crippen molar-refractivity contribution in [1.82, 2.24) is 0 Å². The fourth-order valence-corrected chi connectivity index (χ4v) is 1.63. The van der Waals surface area contributed by atoms with Crippen molar-refractivity contribution in [3.8, 4) is 0 Å². The van der Waals surface area contributed by atoms with Crippen LogP contribution < -0.4 is 0 Å². The highest BCUT2D eigenvalue weighted by atomic mass is 19.4. The van der Waals surface area contributed by atoms with Gasteiger partial charge in [0.05, 0.1) is 11.1 Å². The molecule has 0 atom stereocenters. The van der Waals surface area contributed by atoms with Crippen LogP contribution in [0.15, 0.2) is 12.1 Å². The van der Waals surface area contributed by atoms with Crippen LogP contribution in [0.5, 0.6) is 0 Å². The highest BCUT2D eigenvalue weighted by Crippen LogP contribution is 2.36. The Balaban J connectivity index is 3.34. The first-order valence-corrected chi connectivity index (χ1v) is 5.21. The van der Waals surface area contributed by atoms with Gasteiger partial charge in [0.15, 0.2) is 0 Å². The smallest absolute Gasteiger partial charge is 0.417 e. The molecule has 1 aromatic rings. The average Bonchev–Trinajstić information content (AvgIpc) is 2.24. The molecule has 0 aromatic heterocycles. The molecule has 0 amide bonds. The summed E-state index contributed by atoms with van der Waals surface area (Å²) in [5.74, 6) is -2.29. The van der Waals surface area contributed by atoms with Gasteiger partial charge in [-0.3, -0.25) is 4.79 Å². The molecule has 0 spiro atoms. The highest BCUT2D eigenvalue weighted by Gasteiger charge is 2.37. The van der Waals surface area contributed by atoms with E-state index in [0.29, 0.717) is 0 Å². The summed E-state index contributed by atoms with van der Waals surface area (Å²) in [4.78, 5) is 21.5. The molecule has 7 heteroatoms. The van der Waals surface area contributed by atoms with Crippen LogP contribution in [-0.2, 0) is 22.3 Å². The van der Waals surface area contributed by atoms with Crippen LogP contribution in [0.3, 0.4) is 0 Å². The minimum atomic E-state index is -4.79. The lowest BCUT2D eigenvalue weighted by Gasteiger charge is -2.16. The molecule has 1 N–H and O–H groups in total. The van der Waals surface area contributed by atoms with Crippen LogP contribution >= 0.6 is 0 Å². The Morgan fingerprint density at radius 1 is 1.32 bits per heavy atom. The number of benzene rings is 1. The van der Waals surface area contributed by atoms with Crippen molar-refractivity contribution in [3.63, 3.8) is 0 Å². The normalized spacial score (nSPS) is 11.2. The second-order valence-electron chi connectivity index (χ2n) is 3.86. The third-order valence-electron chi connectivity index (χ3n) is 2.52. The summed E-state index contributed by atoms with van der Waals surface area (Å²) in [6, 6.07) is 2.06. The Bertz CT molecular complexity index is 520. The maximum absolute atomic E-state index is 12.9. The van der Waals surface area contributed by atoms with Gasteiger partial charge in [-0.05, 0) is 24.1 Å². The number of halogens is 3. The van der Waals surface area contributed by atoms with Gasteiger partial charge in [-0.2, -0.15) is 13.2 Å². The van der Waals surface area contributed by atoms with Crippen molar-refractivity contribution in [2.24, 2.45) is 0 Å². The number of esters is 1. The third kappa shape index (κ3) is 3.46. The van der Waals surface area contributed by atoms with Gasteiger partial charge in [-0.1, -0.05) is 6.07 Å². The van der Waals surface area contributed by atoms with Gasteiger partial charge in [-0.25, -0.2) is 4.79 Å². The molecule has 0 saturated heterocycles. The van der Waals surface area contributed by atoms with E-state index in [1.54, 1.807) is 0 Å². The van der Waals surface area contributed by atoms with Crippen LogP contribution in [0, 0.1) is 6.92 Å². The maximum Gasteiger partial charge on any atom is 0.417 e. The molecule has 0 fully saturated rings. The summed E-state index contributed by atoms with van der Waals surface area (Å²) in [6.07, 6.45) is -4.79. The number of hydrogen-bond acceptors (Lipinski definition) is 3. The van der Waals surface area contributed by atoms with Crippen LogP contribution in [0.4, 0.5) is 13.2 Å². The lowest BCUT2D eigenvalue weighted by atomic mass is 9.96. The summed E-state index contributed by atoms with van der Waals surface area (Å²) in [7, 11) is 0. The van der Waals surface area contributed by atoms with Crippen LogP contribution in [0.2, 0.25) is 0 Å². The molecular weight excluding hydrogens is 265 g/mol. The molecule has 0 unspecified atom stereocenters. The number of carbonyl (C=O) groups is 2. The Morgan fingerprint density at radius 3 is 2.32 bits per heavy atom. The van der Waals surface area contributed by atoms with Gasteiger partial charge in [-0.15, -0.1) is 0 Å². The number of carboxylic acids is 1. The topological polar surface area (TPSA) is 63.6 Å². The van der Waals surface area contributed by atoms with E-state index in [0.717, 1.165) is 19.9 Å². The number of ether oxygens (including phenoxy) is 1. The quantitative estimate of drug-likeness (QED) is 0.862. The summed E-state index contributed by atoms with van der Waals surface area (Å²) in [5, 5.41) is 8.78. The van der Waals surface area contributed by atoms with Crippen molar-refractivity contribution in [2.45, 2.75) is 26.6 Å². The lowest BCUT2D eigenvalue weighted by Crippen LogP contribution is -2.16. The Hall–Kier alpha value is -2.05. The molecule has 0 radical (unpaired) electrons. The summed E-state index contributed by atoms with van der Waals surface area (Å²) in [5.41, 5.74) is -2.18. The van der Waals surface area contributed by atoms with E-state index in [-0.39, 0.29) is 17.7 Å². The van der Waals surface area contributed by atoms with E-state index in [2.05, 4.69) is 4.74 Å². The van der Waals surface area contributed by atoms with E-state index in [1.807, 2.05) is 0 Å². The molecule has 104 valence electrons. The Labute approximate surface area is 106 Å². The maximum atomic E-state index is 12.9. The van der Waals surface area contributed by atoms with Gasteiger partial charge < -0.3 is 9.84 Å². The zero-order valence-corrected chi connectivity index (χ0v) is 10.2. The summed E-state index contributed by atoms with van der Waals surface area (Å²) in [6.45, 7) is 1.95. The van der Waals surface area contributed by atoms with Gasteiger partial charge in [0, 0.05) is 6.92 Å². The largest absolute Gasteiger partial charge is 0.478 e. The van der Waals surface area contributed by atoms with Crippen molar-refractivity contribution in [3.05, 3.63) is 34.4 Å². The van der Waals surface area contributed by atoms with Crippen LogP contribution in [-0.4, -0.2) is 17.0 Å². The van der Waals surface area contributed by atoms with Crippen LogP contribution in [0.1, 0.15) is 34.0 Å². The molecule has 1 aromatic carbocycles. The summed E-state index contributed by atoms with van der Waals surface area (Å²) < 4.78 is 43.3. The number of aromatic carboxylic acids is 1. The van der Waals surface area contributed by atoms with Crippen molar-refractivity contribution in [1.29, 1.82) is 0 Å². The molecule has 19 heavy (non-hydrogen) atoms. The molecule has 0 heterocycles. The average molecular weight is 276 g/mol. The highest BCUT2D eigenvalue weighted by molar-refractivity contribution is 5.90. The molecule has 0 saturated carbocycles. The Morgan fingerprint density at radius 2 is 1.89 bits per heavy atom. The van der Waals surface area contributed by atoms with Gasteiger partial charge in [0.25, 0.3) is 0 Å². The number of carboxylic acid groups (broad SMARTS) is 1. The van der Waals surface area contributed by atoms with E-state index in [9.17, 15) is 22.8 Å². The zero-order valence-electron chi connectivity index (χ0n) is 10.2. The second kappa shape index (κ2) is 5.29. The first-order valence-electron chi connectivity index (χ1n) is 5.21. The predicted octanol–water partition coefficient (Wildman–Crippen LogP) is 2.78. The van der Waals surface area contributed by atoms with Crippen LogP contribution in [0.25, 0.3) is 0 Å². The lowest BCUT2D eigenvalue weighted by molar-refractivity contribution is -0.142. The molecule has 0 aliphatic rings. The molecule has 0 aliphatic heterocycles. The minimum absolute atomic E-state index is 0.118. The van der Waals surface area contributed by atoms with Gasteiger partial charge >= 0.3 is 18.1 Å². The fourth-order valence-electron chi connectivity index (χ4n) is 1.63. The number of carbonyl (C=O) groups excluding carboxylic acids is 1.